The van der Waals surface area contributed by atoms with E-state index in [4.69, 9.17) is 4.74 Å². The zero-order valence-corrected chi connectivity index (χ0v) is 9.50. The van der Waals surface area contributed by atoms with Gasteiger partial charge in [-0.05, 0) is 26.9 Å². The molecule has 0 aliphatic carbocycles. The number of methoxy groups -OCH3 is 1. The number of carbonyl (C=O) groups is 1. The lowest BCUT2D eigenvalue weighted by Gasteiger charge is -2.29. The summed E-state index contributed by atoms with van der Waals surface area (Å²) in [7, 11) is 5.39. The summed E-state index contributed by atoms with van der Waals surface area (Å²) >= 11 is 0. The lowest BCUT2D eigenvalue weighted by Crippen LogP contribution is -2.40. The van der Waals surface area contributed by atoms with Crippen LogP contribution in [0.5, 0.6) is 0 Å². The Morgan fingerprint density at radius 2 is 1.69 bits per heavy atom. The Hall–Kier alpha value is -0.570. The van der Waals surface area contributed by atoms with E-state index in [1.165, 1.54) is 7.11 Å². The van der Waals surface area contributed by atoms with Gasteiger partial charge in [-0.2, -0.15) is 0 Å². The normalized spacial score (nSPS) is 16.0. The van der Waals surface area contributed by atoms with Crippen molar-refractivity contribution >= 4 is 5.97 Å². The number of ether oxygens (including phenoxy) is 1. The van der Waals surface area contributed by atoms with Crippen molar-refractivity contribution in [1.82, 2.24) is 4.90 Å². The van der Waals surface area contributed by atoms with Crippen molar-refractivity contribution in [2.45, 2.75) is 26.8 Å². The van der Waals surface area contributed by atoms with Crippen LogP contribution in [0.2, 0.25) is 0 Å². The fourth-order valence-corrected chi connectivity index (χ4v) is 1.48. The van der Waals surface area contributed by atoms with E-state index >= 15 is 0 Å². The van der Waals surface area contributed by atoms with Gasteiger partial charge in [-0.15, -0.1) is 0 Å². The summed E-state index contributed by atoms with van der Waals surface area (Å²) in [5.74, 6) is 0.154. The predicted octanol–water partition coefficient (Wildman–Crippen LogP) is 1.38. The highest BCUT2D eigenvalue weighted by atomic mass is 16.5. The van der Waals surface area contributed by atoms with Crippen LogP contribution in [0.4, 0.5) is 0 Å². The third kappa shape index (κ3) is 3.35. The summed E-state index contributed by atoms with van der Waals surface area (Å²) in [4.78, 5) is 13.5. The summed E-state index contributed by atoms with van der Waals surface area (Å²) in [6.07, 6.45) is 0. The average Bonchev–Trinajstić information content (AvgIpc) is 2.03. The molecule has 0 radical (unpaired) electrons. The molecule has 0 aliphatic rings. The molecular formula is C10H21NO2. The second-order valence-electron chi connectivity index (χ2n) is 4.00. The smallest absolute Gasteiger partial charge is 0.310 e. The molecule has 0 saturated carbocycles. The van der Waals surface area contributed by atoms with Crippen molar-refractivity contribution < 1.29 is 9.53 Å². The van der Waals surface area contributed by atoms with Crippen LogP contribution in [0.3, 0.4) is 0 Å². The van der Waals surface area contributed by atoms with Gasteiger partial charge in [0.1, 0.15) is 0 Å². The van der Waals surface area contributed by atoms with Crippen LogP contribution in [0.1, 0.15) is 20.8 Å². The molecule has 3 nitrogen and oxygen atoms in total. The Labute approximate surface area is 81.1 Å². The van der Waals surface area contributed by atoms with Crippen molar-refractivity contribution in [3.05, 3.63) is 0 Å². The third-order valence-electron chi connectivity index (χ3n) is 2.53. The fourth-order valence-electron chi connectivity index (χ4n) is 1.48. The quantitative estimate of drug-likeness (QED) is 0.623. The first kappa shape index (κ1) is 12.4. The molecule has 0 heterocycles. The van der Waals surface area contributed by atoms with Crippen molar-refractivity contribution in [2.75, 3.05) is 21.2 Å². The molecule has 2 unspecified atom stereocenters. The van der Waals surface area contributed by atoms with Gasteiger partial charge >= 0.3 is 5.97 Å². The second-order valence-corrected chi connectivity index (χ2v) is 4.00. The standard InChI is InChI=1S/C10H21NO2/c1-7(2)9(10(12)13-6)8(3)11(4)5/h7-9H,1-6H3. The first-order chi connectivity index (χ1) is 5.91. The molecule has 0 N–H and O–H groups in total. The Morgan fingerprint density at radius 3 is 1.92 bits per heavy atom. The minimum atomic E-state index is -0.115. The van der Waals surface area contributed by atoms with E-state index in [9.17, 15) is 4.79 Å². The summed E-state index contributed by atoms with van der Waals surface area (Å²) < 4.78 is 4.78. The van der Waals surface area contributed by atoms with Crippen molar-refractivity contribution in [3.63, 3.8) is 0 Å². The van der Waals surface area contributed by atoms with E-state index in [1.807, 2.05) is 39.8 Å². The van der Waals surface area contributed by atoms with Crippen LogP contribution in [0.15, 0.2) is 0 Å². The van der Waals surface area contributed by atoms with Gasteiger partial charge in [-0.25, -0.2) is 0 Å². The van der Waals surface area contributed by atoms with E-state index in [1.54, 1.807) is 0 Å². The zero-order chi connectivity index (χ0) is 10.6. The summed E-state index contributed by atoms with van der Waals surface area (Å²) in [5, 5.41) is 0. The maximum atomic E-state index is 11.5. The van der Waals surface area contributed by atoms with Gasteiger partial charge in [-0.1, -0.05) is 13.8 Å². The zero-order valence-electron chi connectivity index (χ0n) is 9.50. The Morgan fingerprint density at radius 1 is 1.23 bits per heavy atom. The van der Waals surface area contributed by atoms with E-state index in [0.717, 1.165) is 0 Å². The van der Waals surface area contributed by atoms with Crippen LogP contribution >= 0.6 is 0 Å². The van der Waals surface area contributed by atoms with E-state index in [-0.39, 0.29) is 17.9 Å². The minimum absolute atomic E-state index is 0.0417. The summed E-state index contributed by atoms with van der Waals surface area (Å²) in [5.41, 5.74) is 0. The van der Waals surface area contributed by atoms with Gasteiger partial charge in [0.05, 0.1) is 13.0 Å². The van der Waals surface area contributed by atoms with Crippen LogP contribution in [-0.4, -0.2) is 38.1 Å². The second kappa shape index (κ2) is 5.22. The molecule has 0 aliphatic heterocycles. The number of hydrogen-bond acceptors (Lipinski definition) is 3. The molecule has 0 aromatic heterocycles. The molecular weight excluding hydrogens is 166 g/mol. The molecule has 0 spiro atoms. The molecule has 2 atom stereocenters. The average molecular weight is 187 g/mol. The topological polar surface area (TPSA) is 29.5 Å². The lowest BCUT2D eigenvalue weighted by molar-refractivity contribution is -0.149. The first-order valence-electron chi connectivity index (χ1n) is 4.66. The van der Waals surface area contributed by atoms with Crippen LogP contribution < -0.4 is 0 Å². The molecule has 0 saturated heterocycles. The molecule has 0 aromatic carbocycles. The summed E-state index contributed by atoms with van der Waals surface area (Å²) in [6, 6.07) is 0.215. The van der Waals surface area contributed by atoms with Gasteiger partial charge in [0.15, 0.2) is 0 Å². The van der Waals surface area contributed by atoms with Gasteiger partial charge in [-0.3, -0.25) is 4.79 Å². The third-order valence-corrected chi connectivity index (χ3v) is 2.53. The van der Waals surface area contributed by atoms with E-state index in [0.29, 0.717) is 5.92 Å². The van der Waals surface area contributed by atoms with E-state index < -0.39 is 0 Å². The van der Waals surface area contributed by atoms with Gasteiger partial charge < -0.3 is 9.64 Å². The predicted molar refractivity (Wildman–Crippen MR) is 53.5 cm³/mol. The Bertz CT molecular complexity index is 166. The molecule has 0 aromatic rings. The molecule has 78 valence electrons. The Balaban J connectivity index is 4.51. The van der Waals surface area contributed by atoms with Crippen LogP contribution in [0, 0.1) is 11.8 Å². The minimum Gasteiger partial charge on any atom is -0.469 e. The van der Waals surface area contributed by atoms with Gasteiger partial charge in [0.2, 0.25) is 0 Å². The monoisotopic (exact) mass is 187 g/mol. The number of esters is 1. The van der Waals surface area contributed by atoms with Crippen molar-refractivity contribution in [3.8, 4) is 0 Å². The number of nitrogens with zero attached hydrogens (tertiary/aromatic N) is 1. The highest BCUT2D eigenvalue weighted by Crippen LogP contribution is 2.19. The Kier molecular flexibility index (Phi) is 4.99. The molecule has 13 heavy (non-hydrogen) atoms. The lowest BCUT2D eigenvalue weighted by atomic mass is 9.89. The van der Waals surface area contributed by atoms with Gasteiger partial charge in [0, 0.05) is 6.04 Å². The first-order valence-corrected chi connectivity index (χ1v) is 4.66. The van der Waals surface area contributed by atoms with Crippen LogP contribution in [-0.2, 0) is 9.53 Å². The van der Waals surface area contributed by atoms with Crippen LogP contribution in [0.25, 0.3) is 0 Å². The fraction of sp³-hybridized carbons (Fsp3) is 0.900. The highest BCUT2D eigenvalue weighted by Gasteiger charge is 2.30. The molecule has 0 amide bonds. The maximum absolute atomic E-state index is 11.5. The molecule has 3 heteroatoms. The highest BCUT2D eigenvalue weighted by molar-refractivity contribution is 5.73. The van der Waals surface area contributed by atoms with Crippen molar-refractivity contribution in [2.24, 2.45) is 11.8 Å². The number of hydrogen-bond donors (Lipinski definition) is 0. The van der Waals surface area contributed by atoms with Crippen molar-refractivity contribution in [1.29, 1.82) is 0 Å². The maximum Gasteiger partial charge on any atom is 0.310 e. The summed E-state index contributed by atoms with van der Waals surface area (Å²) in [6.45, 7) is 6.13. The SMILES string of the molecule is COC(=O)C(C(C)C)C(C)N(C)C. The van der Waals surface area contributed by atoms with Gasteiger partial charge in [0.25, 0.3) is 0 Å². The molecule has 0 fully saturated rings. The molecule has 0 rings (SSSR count). The number of carbonyl (C=O) groups excluding carboxylic acids is 1. The molecule has 0 bridgehead atoms. The largest absolute Gasteiger partial charge is 0.469 e. The van der Waals surface area contributed by atoms with E-state index in [2.05, 4.69) is 0 Å². The number of rotatable bonds is 4.